The highest BCUT2D eigenvalue weighted by Crippen LogP contribution is 2.27. The van der Waals surface area contributed by atoms with Crippen molar-refractivity contribution in [3.8, 4) is 0 Å². The summed E-state index contributed by atoms with van der Waals surface area (Å²) >= 11 is 0. The van der Waals surface area contributed by atoms with Crippen molar-refractivity contribution in [2.75, 3.05) is 38.1 Å². The first-order valence-corrected chi connectivity index (χ1v) is 12.2. The molecular weight excluding hydrogens is 408 g/mol. The molecule has 0 atom stereocenters. The fraction of sp³-hybridized carbons (Fsp3) is 0.429. The Labute approximate surface area is 197 Å². The number of hydrogen-bond donors (Lipinski definition) is 0. The Hall–Kier alpha value is -2.92. The van der Waals surface area contributed by atoms with Crippen molar-refractivity contribution in [2.24, 2.45) is 0 Å². The molecular formula is C28H36N4O. The topological polar surface area (TPSA) is 40.9 Å². The van der Waals surface area contributed by atoms with E-state index < -0.39 is 0 Å². The van der Waals surface area contributed by atoms with E-state index in [1.807, 2.05) is 19.2 Å². The quantitative estimate of drug-likeness (QED) is 0.492. The number of pyridine rings is 1. The smallest absolute Gasteiger partial charge is 0.164 e. The second kappa shape index (κ2) is 9.92. The van der Waals surface area contributed by atoms with E-state index in [-0.39, 0.29) is 5.78 Å². The average Bonchev–Trinajstić information content (AvgIpc) is 3.10. The number of ketones is 1. The Morgan fingerprint density at radius 2 is 1.88 bits per heavy atom. The third-order valence-corrected chi connectivity index (χ3v) is 6.68. The van der Waals surface area contributed by atoms with Crippen LogP contribution in [0.15, 0.2) is 36.7 Å². The third kappa shape index (κ3) is 5.03. The lowest BCUT2D eigenvalue weighted by molar-refractivity contribution is -0.113. The Morgan fingerprint density at radius 3 is 2.61 bits per heavy atom. The van der Waals surface area contributed by atoms with Crippen molar-refractivity contribution < 1.29 is 4.79 Å². The number of carbonyl (C=O) groups is 1. The van der Waals surface area contributed by atoms with E-state index in [0.717, 1.165) is 49.5 Å². The number of carbonyl (C=O) groups excluding carboxylic acids is 1. The number of allylic oxidation sites excluding steroid dienone is 1. The number of hydrogen-bond acceptors (Lipinski definition) is 4. The summed E-state index contributed by atoms with van der Waals surface area (Å²) in [6, 6.07) is 8.79. The molecule has 5 heteroatoms. The highest BCUT2D eigenvalue weighted by Gasteiger charge is 2.17. The molecule has 1 saturated heterocycles. The predicted octanol–water partition coefficient (Wildman–Crippen LogP) is 5.18. The number of fused-ring (bicyclic) bond motifs is 1. The van der Waals surface area contributed by atoms with Crippen LogP contribution in [0.2, 0.25) is 0 Å². The van der Waals surface area contributed by atoms with Crippen molar-refractivity contribution in [2.45, 2.75) is 47.0 Å². The van der Waals surface area contributed by atoms with Crippen LogP contribution in [0, 0.1) is 13.8 Å². The van der Waals surface area contributed by atoms with Gasteiger partial charge in [-0.25, -0.2) is 4.98 Å². The van der Waals surface area contributed by atoms with Crippen molar-refractivity contribution in [3.63, 3.8) is 0 Å². The molecule has 2 aromatic heterocycles. The Kier molecular flexibility index (Phi) is 6.99. The number of likely N-dealkylation sites (N-methyl/N-ethyl adjacent to an activating group) is 1. The van der Waals surface area contributed by atoms with E-state index in [1.54, 1.807) is 0 Å². The van der Waals surface area contributed by atoms with Gasteiger partial charge in [0.1, 0.15) is 5.65 Å². The van der Waals surface area contributed by atoms with Gasteiger partial charge < -0.3 is 14.2 Å². The molecule has 3 aromatic rings. The Bertz CT molecular complexity index is 1190. The van der Waals surface area contributed by atoms with Crippen molar-refractivity contribution in [1.82, 2.24) is 14.3 Å². The van der Waals surface area contributed by atoms with Crippen LogP contribution < -0.4 is 4.90 Å². The molecule has 0 saturated carbocycles. The summed E-state index contributed by atoms with van der Waals surface area (Å²) in [6.45, 7) is 12.7. The molecule has 1 aliphatic heterocycles. The van der Waals surface area contributed by atoms with Crippen molar-refractivity contribution in [1.29, 1.82) is 0 Å². The standard InChI is InChI=1S/C28H36N4O/c1-6-22-15-20(3)18-32-19-26(29-28(22)32)25(27(33)7-2)17-23-9-10-24(16-21(23)4)31-12-8-11-30(5)13-14-31/h9-10,15-19H,6-8,11-14H2,1-5H3/b25-17-. The Morgan fingerprint density at radius 1 is 1.06 bits per heavy atom. The second-order valence-corrected chi connectivity index (χ2v) is 9.27. The zero-order valence-electron chi connectivity index (χ0n) is 20.7. The molecule has 0 unspecified atom stereocenters. The van der Waals surface area contributed by atoms with Crippen LogP contribution in [0.25, 0.3) is 17.3 Å². The van der Waals surface area contributed by atoms with Gasteiger partial charge in [0.2, 0.25) is 0 Å². The molecule has 3 heterocycles. The van der Waals surface area contributed by atoms with E-state index >= 15 is 0 Å². The molecule has 1 fully saturated rings. The van der Waals surface area contributed by atoms with E-state index in [9.17, 15) is 4.79 Å². The van der Waals surface area contributed by atoms with Crippen LogP contribution >= 0.6 is 0 Å². The largest absolute Gasteiger partial charge is 0.370 e. The van der Waals surface area contributed by atoms with E-state index in [4.69, 9.17) is 4.98 Å². The summed E-state index contributed by atoms with van der Waals surface area (Å²) in [5.74, 6) is 0.118. The fourth-order valence-electron chi connectivity index (χ4n) is 4.68. The van der Waals surface area contributed by atoms with Crippen LogP contribution in [-0.2, 0) is 11.2 Å². The molecule has 1 aliphatic rings. The monoisotopic (exact) mass is 444 g/mol. The zero-order valence-corrected chi connectivity index (χ0v) is 20.7. The van der Waals surface area contributed by atoms with Crippen LogP contribution in [0.3, 0.4) is 0 Å². The number of benzene rings is 1. The average molecular weight is 445 g/mol. The summed E-state index contributed by atoms with van der Waals surface area (Å²) in [7, 11) is 2.19. The molecule has 0 amide bonds. The lowest BCUT2D eigenvalue weighted by atomic mass is 9.99. The molecule has 0 radical (unpaired) electrons. The van der Waals surface area contributed by atoms with E-state index in [1.165, 1.54) is 28.8 Å². The minimum atomic E-state index is 0.118. The van der Waals surface area contributed by atoms with Gasteiger partial charge in [-0.05, 0) is 80.7 Å². The Balaban J connectivity index is 1.71. The molecule has 33 heavy (non-hydrogen) atoms. The maximum Gasteiger partial charge on any atom is 0.164 e. The zero-order chi connectivity index (χ0) is 23.5. The van der Waals surface area contributed by atoms with Gasteiger partial charge in [0.25, 0.3) is 0 Å². The number of imidazole rings is 1. The summed E-state index contributed by atoms with van der Waals surface area (Å²) in [5, 5.41) is 0. The minimum absolute atomic E-state index is 0.118. The number of aromatic nitrogens is 2. The molecule has 5 nitrogen and oxygen atoms in total. The maximum absolute atomic E-state index is 13.0. The third-order valence-electron chi connectivity index (χ3n) is 6.68. The molecule has 1 aromatic carbocycles. The van der Waals surface area contributed by atoms with Gasteiger partial charge in [-0.3, -0.25) is 4.79 Å². The molecule has 174 valence electrons. The first kappa shape index (κ1) is 23.2. The van der Waals surface area contributed by atoms with Gasteiger partial charge in [0.05, 0.1) is 5.69 Å². The summed E-state index contributed by atoms with van der Waals surface area (Å²) in [4.78, 5) is 22.7. The number of Topliss-reactive ketones (excluding diaryl/α,β-unsaturated/α-hetero) is 1. The minimum Gasteiger partial charge on any atom is -0.370 e. The van der Waals surface area contributed by atoms with Crippen LogP contribution in [-0.4, -0.2) is 53.3 Å². The van der Waals surface area contributed by atoms with Crippen LogP contribution in [0.5, 0.6) is 0 Å². The van der Waals surface area contributed by atoms with Crippen molar-refractivity contribution in [3.05, 3.63) is 64.6 Å². The van der Waals surface area contributed by atoms with Crippen molar-refractivity contribution >= 4 is 28.8 Å². The molecule has 0 aliphatic carbocycles. The molecule has 0 spiro atoms. The first-order chi connectivity index (χ1) is 15.9. The number of rotatable bonds is 6. The summed E-state index contributed by atoms with van der Waals surface area (Å²) < 4.78 is 2.06. The molecule has 0 bridgehead atoms. The maximum atomic E-state index is 13.0. The highest BCUT2D eigenvalue weighted by molar-refractivity contribution is 6.24. The second-order valence-electron chi connectivity index (χ2n) is 9.27. The number of aryl methyl sites for hydroxylation is 3. The number of nitrogens with zero attached hydrogens (tertiary/aromatic N) is 4. The fourth-order valence-corrected chi connectivity index (χ4v) is 4.68. The van der Waals surface area contributed by atoms with Gasteiger partial charge in [0.15, 0.2) is 5.78 Å². The first-order valence-electron chi connectivity index (χ1n) is 12.2. The van der Waals surface area contributed by atoms with E-state index in [2.05, 4.69) is 72.5 Å². The lowest BCUT2D eigenvalue weighted by Crippen LogP contribution is -2.28. The van der Waals surface area contributed by atoms with Crippen LogP contribution in [0.1, 0.15) is 54.6 Å². The van der Waals surface area contributed by atoms with Gasteiger partial charge in [0, 0.05) is 49.7 Å². The summed E-state index contributed by atoms with van der Waals surface area (Å²) in [6.07, 6.45) is 8.66. The normalized spacial score (nSPS) is 15.8. The SMILES string of the molecule is CCC(=O)/C(=C\c1ccc(N2CCCN(C)CC2)cc1C)c1cn2cc(C)cc(CC)c2n1. The van der Waals surface area contributed by atoms with Gasteiger partial charge in [-0.2, -0.15) is 0 Å². The van der Waals surface area contributed by atoms with E-state index in [0.29, 0.717) is 12.0 Å². The van der Waals surface area contributed by atoms with Gasteiger partial charge in [-0.1, -0.05) is 26.0 Å². The van der Waals surface area contributed by atoms with Gasteiger partial charge >= 0.3 is 0 Å². The summed E-state index contributed by atoms with van der Waals surface area (Å²) in [5.41, 5.74) is 8.29. The van der Waals surface area contributed by atoms with Crippen LogP contribution in [0.4, 0.5) is 5.69 Å². The molecule has 0 N–H and O–H groups in total. The molecule has 4 rings (SSSR count). The predicted molar refractivity (Wildman–Crippen MR) is 138 cm³/mol. The van der Waals surface area contributed by atoms with Gasteiger partial charge in [-0.15, -0.1) is 0 Å². The highest BCUT2D eigenvalue weighted by atomic mass is 16.1. The number of anilines is 1. The lowest BCUT2D eigenvalue weighted by Gasteiger charge is -2.23.